The molecular weight excluding hydrogens is 376 g/mol. The molecule has 3 aliphatic rings. The van der Waals surface area contributed by atoms with E-state index in [0.717, 1.165) is 16.6 Å². The van der Waals surface area contributed by atoms with Crippen LogP contribution in [0.2, 0.25) is 0 Å². The zero-order chi connectivity index (χ0) is 19.6. The molecule has 3 aliphatic carbocycles. The highest BCUT2D eigenvalue weighted by Gasteiger charge is 2.53. The zero-order valence-electron chi connectivity index (χ0n) is 16.1. The van der Waals surface area contributed by atoms with Gasteiger partial charge in [0.15, 0.2) is 5.13 Å². The predicted octanol–water partition coefficient (Wildman–Crippen LogP) is 5.92. The Balaban J connectivity index is 1.44. The second kappa shape index (κ2) is 6.01. The van der Waals surface area contributed by atoms with Crippen molar-refractivity contribution in [3.8, 4) is 0 Å². The number of anilines is 1. The number of nitrogens with one attached hydrogen (secondary N) is 1. The molecule has 1 heterocycles. The number of para-hydroxylation sites is 1. The Morgan fingerprint density at radius 3 is 2.17 bits per heavy atom. The summed E-state index contributed by atoms with van der Waals surface area (Å²) < 4.78 is 1.09. The minimum absolute atomic E-state index is 0.0641. The van der Waals surface area contributed by atoms with Crippen molar-refractivity contribution in [3.05, 3.63) is 95.1 Å². The van der Waals surface area contributed by atoms with Crippen LogP contribution in [0.4, 0.5) is 5.13 Å². The topological polar surface area (TPSA) is 42.0 Å². The van der Waals surface area contributed by atoms with Gasteiger partial charge < -0.3 is 5.32 Å². The van der Waals surface area contributed by atoms with Crippen LogP contribution in [0.15, 0.2) is 72.8 Å². The number of benzene rings is 3. The third kappa shape index (κ3) is 2.36. The van der Waals surface area contributed by atoms with Gasteiger partial charge in [0.2, 0.25) is 5.91 Å². The number of carbonyl (C=O) groups excluding carboxylic acids is 1. The molecule has 142 valence electrons. The Kier molecular flexibility index (Phi) is 3.51. The van der Waals surface area contributed by atoms with E-state index >= 15 is 0 Å². The lowest BCUT2D eigenvalue weighted by molar-refractivity contribution is -0.126. The number of carbonyl (C=O) groups is 1. The number of amides is 1. The lowest BCUT2D eigenvalue weighted by atomic mass is 9.52. The third-order valence-electron chi connectivity index (χ3n) is 6.66. The highest BCUT2D eigenvalue weighted by atomic mass is 32.1. The molecule has 0 radical (unpaired) electrons. The van der Waals surface area contributed by atoms with Gasteiger partial charge in [-0.15, -0.1) is 0 Å². The number of hydrogen-bond acceptors (Lipinski definition) is 3. The molecule has 29 heavy (non-hydrogen) atoms. The van der Waals surface area contributed by atoms with Gasteiger partial charge in [-0.25, -0.2) is 4.98 Å². The summed E-state index contributed by atoms with van der Waals surface area (Å²) in [7, 11) is 0. The Hall–Kier alpha value is -2.98. The number of aromatic nitrogens is 1. The van der Waals surface area contributed by atoms with Gasteiger partial charge in [-0.1, -0.05) is 72.0 Å². The van der Waals surface area contributed by atoms with E-state index in [1.165, 1.54) is 33.6 Å². The van der Waals surface area contributed by atoms with Crippen molar-refractivity contribution in [2.45, 2.75) is 25.2 Å². The quantitative estimate of drug-likeness (QED) is 0.457. The molecule has 0 saturated heterocycles. The highest BCUT2D eigenvalue weighted by molar-refractivity contribution is 7.22. The van der Waals surface area contributed by atoms with Crippen LogP contribution in [0.3, 0.4) is 0 Å². The number of hydrogen-bond donors (Lipinski definition) is 1. The Morgan fingerprint density at radius 2 is 1.52 bits per heavy atom. The molecule has 0 aliphatic heterocycles. The van der Waals surface area contributed by atoms with Gasteiger partial charge in [0.1, 0.15) is 0 Å². The summed E-state index contributed by atoms with van der Waals surface area (Å²) in [5.74, 6) is 0.392. The maximum absolute atomic E-state index is 13.6. The summed E-state index contributed by atoms with van der Waals surface area (Å²) in [6.07, 6.45) is 0.822. The van der Waals surface area contributed by atoms with Crippen LogP contribution in [0.5, 0.6) is 0 Å². The van der Waals surface area contributed by atoms with E-state index in [0.29, 0.717) is 5.13 Å². The smallest absolute Gasteiger partial charge is 0.233 e. The van der Waals surface area contributed by atoms with Crippen molar-refractivity contribution in [2.24, 2.45) is 5.41 Å². The van der Waals surface area contributed by atoms with Crippen LogP contribution in [0.25, 0.3) is 10.2 Å². The van der Waals surface area contributed by atoms with Crippen LogP contribution < -0.4 is 5.32 Å². The summed E-state index contributed by atoms with van der Waals surface area (Å²) in [4.78, 5) is 18.2. The van der Waals surface area contributed by atoms with Crippen molar-refractivity contribution in [1.82, 2.24) is 4.98 Å². The van der Waals surface area contributed by atoms with E-state index in [2.05, 4.69) is 65.8 Å². The first-order chi connectivity index (χ1) is 14.1. The van der Waals surface area contributed by atoms with Crippen molar-refractivity contribution < 1.29 is 4.79 Å². The van der Waals surface area contributed by atoms with Crippen LogP contribution in [-0.2, 0) is 4.79 Å². The number of thiazole rings is 1. The molecular formula is C25H20N2OS. The van der Waals surface area contributed by atoms with Gasteiger partial charge in [-0.3, -0.25) is 4.79 Å². The van der Waals surface area contributed by atoms with Gasteiger partial charge in [0.25, 0.3) is 0 Å². The summed E-state index contributed by atoms with van der Waals surface area (Å²) in [6, 6.07) is 25.3. The standard InChI is InChI=1S/C25H20N2OS/c1-25(23(28)27-24-26-20-12-6-7-13-21(20)29-24)14-19-15-8-2-4-10-17(15)22(25)18-11-5-3-9-16(18)19/h2-13,19,22H,14H2,1H3,(H,26,27,28)/t19?,22?,25-/m0/s1. The first-order valence-electron chi connectivity index (χ1n) is 10.00. The van der Waals surface area contributed by atoms with E-state index in [9.17, 15) is 4.79 Å². The van der Waals surface area contributed by atoms with Crippen LogP contribution >= 0.6 is 11.3 Å². The predicted molar refractivity (Wildman–Crippen MR) is 118 cm³/mol. The van der Waals surface area contributed by atoms with E-state index in [1.807, 2.05) is 24.3 Å². The van der Waals surface area contributed by atoms with Gasteiger partial charge in [-0.05, 0) is 47.7 Å². The number of nitrogens with zero attached hydrogens (tertiary/aromatic N) is 1. The minimum Gasteiger partial charge on any atom is -0.301 e. The summed E-state index contributed by atoms with van der Waals surface area (Å²) >= 11 is 1.54. The maximum atomic E-state index is 13.6. The molecule has 4 aromatic rings. The molecule has 4 heteroatoms. The molecule has 2 bridgehead atoms. The Bertz CT molecular complexity index is 1200. The van der Waals surface area contributed by atoms with Crippen molar-refractivity contribution in [3.63, 3.8) is 0 Å². The van der Waals surface area contributed by atoms with Crippen LogP contribution in [0, 0.1) is 5.41 Å². The zero-order valence-corrected chi connectivity index (χ0v) is 16.9. The highest BCUT2D eigenvalue weighted by Crippen LogP contribution is 2.61. The van der Waals surface area contributed by atoms with Crippen LogP contribution in [-0.4, -0.2) is 10.9 Å². The molecule has 0 unspecified atom stereocenters. The SMILES string of the molecule is C[C@]1(C(=O)Nc2nc3ccccc3s2)CC2c3ccccc3C1c1ccccc12. The average Bonchev–Trinajstić information content (AvgIpc) is 3.16. The van der Waals surface area contributed by atoms with E-state index in [1.54, 1.807) is 0 Å². The normalized spacial score (nSPS) is 24.2. The number of rotatable bonds is 2. The lowest BCUT2D eigenvalue weighted by Crippen LogP contribution is -2.47. The number of fused-ring (bicyclic) bond motifs is 2. The van der Waals surface area contributed by atoms with E-state index in [-0.39, 0.29) is 17.7 Å². The first-order valence-corrected chi connectivity index (χ1v) is 10.8. The van der Waals surface area contributed by atoms with Gasteiger partial charge >= 0.3 is 0 Å². The molecule has 1 N–H and O–H groups in total. The molecule has 0 fully saturated rings. The second-order valence-corrected chi connectivity index (χ2v) is 9.34. The summed E-state index contributed by atoms with van der Waals surface area (Å²) in [5.41, 5.74) is 5.76. The molecule has 1 aromatic heterocycles. The third-order valence-corrected chi connectivity index (χ3v) is 7.62. The fourth-order valence-corrected chi connectivity index (χ4v) is 6.22. The van der Waals surface area contributed by atoms with Gasteiger partial charge in [0, 0.05) is 11.8 Å². The van der Waals surface area contributed by atoms with E-state index < -0.39 is 5.41 Å². The van der Waals surface area contributed by atoms with Gasteiger partial charge in [0.05, 0.1) is 15.6 Å². The van der Waals surface area contributed by atoms with E-state index in [4.69, 9.17) is 0 Å². The molecule has 3 aromatic carbocycles. The molecule has 0 saturated carbocycles. The van der Waals surface area contributed by atoms with Crippen molar-refractivity contribution in [2.75, 3.05) is 5.32 Å². The average molecular weight is 397 g/mol. The molecule has 1 amide bonds. The van der Waals surface area contributed by atoms with Gasteiger partial charge in [-0.2, -0.15) is 0 Å². The van der Waals surface area contributed by atoms with Crippen molar-refractivity contribution >= 4 is 32.6 Å². The lowest BCUT2D eigenvalue weighted by Gasteiger charge is -2.50. The molecule has 7 rings (SSSR count). The molecule has 0 spiro atoms. The largest absolute Gasteiger partial charge is 0.301 e. The fourth-order valence-electron chi connectivity index (χ4n) is 5.35. The van der Waals surface area contributed by atoms with Crippen molar-refractivity contribution in [1.29, 1.82) is 0 Å². The summed E-state index contributed by atoms with van der Waals surface area (Å²) in [5, 5.41) is 3.84. The second-order valence-electron chi connectivity index (χ2n) is 8.31. The monoisotopic (exact) mass is 396 g/mol. The first kappa shape index (κ1) is 16.9. The minimum atomic E-state index is -0.509. The maximum Gasteiger partial charge on any atom is 0.233 e. The Morgan fingerprint density at radius 1 is 0.931 bits per heavy atom. The van der Waals surface area contributed by atoms with Crippen LogP contribution in [0.1, 0.15) is 47.4 Å². The molecule has 3 nitrogen and oxygen atoms in total. The summed E-state index contributed by atoms with van der Waals surface area (Å²) in [6.45, 7) is 2.12. The fraction of sp³-hybridized carbons (Fsp3) is 0.200. The molecule has 1 atom stereocenters. The Labute approximate surface area is 173 Å².